The Morgan fingerprint density at radius 3 is 1.90 bits per heavy atom. The zero-order chi connectivity index (χ0) is 45.4. The van der Waals surface area contributed by atoms with Crippen LogP contribution in [0.1, 0.15) is 78.5 Å². The van der Waals surface area contributed by atoms with Crippen LogP contribution in [0, 0.1) is 17.8 Å². The van der Waals surface area contributed by atoms with Crippen LogP contribution in [0.15, 0.2) is 43.0 Å². The van der Waals surface area contributed by atoms with E-state index in [0.717, 1.165) is 10.9 Å². The van der Waals surface area contributed by atoms with Crippen molar-refractivity contribution in [2.45, 2.75) is 116 Å². The molecule has 0 spiro atoms. The number of H-pyrrole nitrogens is 2. The lowest BCUT2D eigenvalue weighted by atomic mass is 9.98. The number of imidazole rings is 1. The average Bonchev–Trinajstić information content (AvgIpc) is 3.85. The zero-order valence-electron chi connectivity index (χ0n) is 35.4. The Hall–Kier alpha value is -6.31. The van der Waals surface area contributed by atoms with Crippen LogP contribution in [-0.2, 0) is 51.2 Å². The number of aromatic amines is 2. The molecular weight excluding hydrogens is 793 g/mol. The number of para-hydroxylation sites is 1. The molecule has 3 aromatic rings. The molecule has 0 bridgehead atoms. The monoisotopic (exact) mass is 852 g/mol. The molecule has 0 saturated carbocycles. The molecule has 20 heteroatoms. The minimum atomic E-state index is -1.46. The van der Waals surface area contributed by atoms with Crippen molar-refractivity contribution in [3.8, 4) is 0 Å². The minimum absolute atomic E-state index is 0.0416. The Balaban J connectivity index is 1.68. The van der Waals surface area contributed by atoms with Crippen LogP contribution in [0.5, 0.6) is 0 Å². The minimum Gasteiger partial charge on any atom is -0.481 e. The standard InChI is InChI=1S/C41H60N10O10/c1-21(2)13-30(48-36(55)27(42)16-25-18-43-20-46-25)37(56)45-19-33(52)47-29(11-12-34(53)54)38(57)49-31(14-22(3)4)39(58)51-35(23(5)6)40(59)50-32(41(60)61)15-24-17-44-28-10-8-7-9-26(24)28/h7-10,17-18,20-23,27,29-32,35,44H,11-16,19,42H2,1-6H3,(H,43,46)(H,45,56)(H,47,52)(H,48,55)(H,49,57)(H,50,59)(H,51,58)(H,53,54)(H,60,61)/t27-,29-,30-,31-,32-,35-/m0/s1. The van der Waals surface area contributed by atoms with Gasteiger partial charge in [0.05, 0.1) is 24.6 Å². The van der Waals surface area contributed by atoms with Crippen LogP contribution >= 0.6 is 0 Å². The summed E-state index contributed by atoms with van der Waals surface area (Å²) >= 11 is 0. The van der Waals surface area contributed by atoms with E-state index >= 15 is 0 Å². The number of hydrogen-bond donors (Lipinski definition) is 11. The number of aliphatic carboxylic acids is 2. The average molecular weight is 853 g/mol. The Bertz CT molecular complexity index is 1980. The lowest BCUT2D eigenvalue weighted by molar-refractivity contribution is -0.142. The van der Waals surface area contributed by atoms with Crippen LogP contribution in [0.3, 0.4) is 0 Å². The topological polar surface area (TPSA) is 320 Å². The van der Waals surface area contributed by atoms with Gasteiger partial charge >= 0.3 is 11.9 Å². The fraction of sp³-hybridized carbons (Fsp3) is 0.537. The third-order valence-corrected chi connectivity index (χ3v) is 9.68. The first kappa shape index (κ1) is 49.1. The third kappa shape index (κ3) is 16.0. The second-order valence-electron chi connectivity index (χ2n) is 16.2. The summed E-state index contributed by atoms with van der Waals surface area (Å²) in [5.41, 5.74) is 8.05. The first-order valence-electron chi connectivity index (χ1n) is 20.3. The van der Waals surface area contributed by atoms with Gasteiger partial charge in [-0.3, -0.25) is 33.6 Å². The highest BCUT2D eigenvalue weighted by Gasteiger charge is 2.34. The number of rotatable bonds is 25. The number of carbonyl (C=O) groups excluding carboxylic acids is 6. The normalized spacial score (nSPS) is 14.3. The molecule has 334 valence electrons. The van der Waals surface area contributed by atoms with E-state index < -0.39 is 103 Å². The van der Waals surface area contributed by atoms with Crippen molar-refractivity contribution in [2.24, 2.45) is 23.5 Å². The van der Waals surface area contributed by atoms with Crippen molar-refractivity contribution >= 4 is 58.3 Å². The van der Waals surface area contributed by atoms with Gasteiger partial charge in [0.2, 0.25) is 35.4 Å². The highest BCUT2D eigenvalue weighted by molar-refractivity contribution is 5.96. The summed E-state index contributed by atoms with van der Waals surface area (Å²) in [5, 5.41) is 35.4. The van der Waals surface area contributed by atoms with E-state index in [1.807, 2.05) is 38.1 Å². The SMILES string of the molecule is CC(C)C[C@H](NC(=O)[C@H](CCC(=O)O)NC(=O)CNC(=O)[C@H](CC(C)C)NC(=O)[C@@H](N)Cc1c[nH]cn1)C(=O)N[C@H](C(=O)N[C@@H](Cc1c[nH]c2ccccc12)C(=O)O)C(C)C. The summed E-state index contributed by atoms with van der Waals surface area (Å²) in [6.45, 7) is 9.91. The molecule has 61 heavy (non-hydrogen) atoms. The van der Waals surface area contributed by atoms with Gasteiger partial charge in [0.25, 0.3) is 0 Å². The van der Waals surface area contributed by atoms with E-state index in [1.165, 1.54) is 6.33 Å². The summed E-state index contributed by atoms with van der Waals surface area (Å²) in [5.74, 6) is -7.86. The number of nitrogens with one attached hydrogen (secondary N) is 8. The first-order chi connectivity index (χ1) is 28.7. The van der Waals surface area contributed by atoms with Crippen molar-refractivity contribution in [2.75, 3.05) is 6.54 Å². The van der Waals surface area contributed by atoms with E-state index in [0.29, 0.717) is 11.3 Å². The molecule has 2 aromatic heterocycles. The molecule has 0 aliphatic heterocycles. The second-order valence-corrected chi connectivity index (χ2v) is 16.2. The maximum Gasteiger partial charge on any atom is 0.326 e. The number of fused-ring (bicyclic) bond motifs is 1. The van der Waals surface area contributed by atoms with Crippen LogP contribution < -0.4 is 37.6 Å². The highest BCUT2D eigenvalue weighted by Crippen LogP contribution is 2.19. The number of carbonyl (C=O) groups is 8. The molecular formula is C41H60N10O10. The summed E-state index contributed by atoms with van der Waals surface area (Å²) in [7, 11) is 0. The van der Waals surface area contributed by atoms with Crippen molar-refractivity contribution in [1.29, 1.82) is 0 Å². The molecule has 1 aromatic carbocycles. The smallest absolute Gasteiger partial charge is 0.326 e. The number of nitrogens with zero attached hydrogens (tertiary/aromatic N) is 1. The van der Waals surface area contributed by atoms with Gasteiger partial charge in [0, 0.05) is 42.6 Å². The van der Waals surface area contributed by atoms with Crippen molar-refractivity contribution in [3.63, 3.8) is 0 Å². The molecule has 0 aliphatic carbocycles. The number of nitrogens with two attached hydrogens (primary N) is 1. The molecule has 20 nitrogen and oxygen atoms in total. The fourth-order valence-electron chi connectivity index (χ4n) is 6.52. The molecule has 0 aliphatic rings. The van der Waals surface area contributed by atoms with Crippen molar-refractivity contribution in [3.05, 3.63) is 54.2 Å². The van der Waals surface area contributed by atoms with Crippen LogP contribution in [0.4, 0.5) is 0 Å². The van der Waals surface area contributed by atoms with E-state index in [1.54, 1.807) is 40.1 Å². The van der Waals surface area contributed by atoms with Gasteiger partial charge in [-0.2, -0.15) is 0 Å². The predicted octanol–water partition coefficient (Wildman–Crippen LogP) is 0.241. The first-order valence-corrected chi connectivity index (χ1v) is 20.3. The molecule has 0 saturated heterocycles. The largest absolute Gasteiger partial charge is 0.481 e. The second kappa shape index (κ2) is 23.5. The Labute approximate surface area is 353 Å². The van der Waals surface area contributed by atoms with Gasteiger partial charge < -0.3 is 57.8 Å². The number of carboxylic acid groups (broad SMARTS) is 2. The maximum absolute atomic E-state index is 13.8. The van der Waals surface area contributed by atoms with E-state index in [9.17, 15) is 48.6 Å². The molecule has 0 unspecified atom stereocenters. The third-order valence-electron chi connectivity index (χ3n) is 9.68. The molecule has 12 N–H and O–H groups in total. The summed E-state index contributed by atoms with van der Waals surface area (Å²) in [4.78, 5) is 114. The maximum atomic E-state index is 13.8. The van der Waals surface area contributed by atoms with Crippen molar-refractivity contribution < 1.29 is 48.6 Å². The lowest BCUT2D eigenvalue weighted by Crippen LogP contribution is -2.59. The molecule has 6 amide bonds. The number of benzene rings is 1. The summed E-state index contributed by atoms with van der Waals surface area (Å²) in [6.07, 6.45) is 4.15. The predicted molar refractivity (Wildman–Crippen MR) is 223 cm³/mol. The number of carboxylic acids is 2. The van der Waals surface area contributed by atoms with Gasteiger partial charge in [-0.1, -0.05) is 59.7 Å². The molecule has 2 heterocycles. The van der Waals surface area contributed by atoms with E-state index in [4.69, 9.17) is 5.73 Å². The summed E-state index contributed by atoms with van der Waals surface area (Å²) < 4.78 is 0. The number of aromatic nitrogens is 3. The van der Waals surface area contributed by atoms with Crippen molar-refractivity contribution in [1.82, 2.24) is 46.9 Å². The van der Waals surface area contributed by atoms with Gasteiger partial charge in [-0.15, -0.1) is 0 Å². The van der Waals surface area contributed by atoms with Gasteiger partial charge in [-0.05, 0) is 48.6 Å². The molecule has 0 fully saturated rings. The quantitative estimate of drug-likeness (QED) is 0.0547. The van der Waals surface area contributed by atoms with Gasteiger partial charge in [-0.25, -0.2) is 9.78 Å². The molecule has 3 rings (SSSR count). The molecule has 0 radical (unpaired) electrons. The Morgan fingerprint density at radius 1 is 0.705 bits per heavy atom. The zero-order valence-corrected chi connectivity index (χ0v) is 35.4. The van der Waals surface area contributed by atoms with E-state index in [-0.39, 0.29) is 43.9 Å². The lowest BCUT2D eigenvalue weighted by Gasteiger charge is -2.28. The highest BCUT2D eigenvalue weighted by atomic mass is 16.4. The van der Waals surface area contributed by atoms with E-state index in [2.05, 4.69) is 46.9 Å². The summed E-state index contributed by atoms with van der Waals surface area (Å²) in [6, 6.07) is -0.0334. The van der Waals surface area contributed by atoms with Gasteiger partial charge in [0.15, 0.2) is 0 Å². The Morgan fingerprint density at radius 2 is 1.31 bits per heavy atom. The number of hydrogen-bond acceptors (Lipinski definition) is 10. The molecule has 6 atom stereocenters. The number of amides is 6. The van der Waals surface area contributed by atoms with Gasteiger partial charge in [0.1, 0.15) is 30.2 Å². The van der Waals surface area contributed by atoms with Crippen LogP contribution in [0.2, 0.25) is 0 Å². The fourth-order valence-corrected chi connectivity index (χ4v) is 6.52. The Kier molecular flexibility index (Phi) is 18.9. The van der Waals surface area contributed by atoms with Crippen LogP contribution in [-0.4, -0.2) is 115 Å². The van der Waals surface area contributed by atoms with Crippen LogP contribution in [0.25, 0.3) is 10.9 Å².